The van der Waals surface area contributed by atoms with Gasteiger partial charge < -0.3 is 9.15 Å². The van der Waals surface area contributed by atoms with Crippen LogP contribution in [-0.4, -0.2) is 7.11 Å². The molecule has 0 radical (unpaired) electrons. The lowest BCUT2D eigenvalue weighted by Gasteiger charge is -2.09. The molecule has 2 aromatic rings. The zero-order chi connectivity index (χ0) is 13.7. The Balaban J connectivity index is 2.40. The molecular formula is C17H20O2. The van der Waals surface area contributed by atoms with E-state index in [1.807, 2.05) is 25.1 Å². The third kappa shape index (κ3) is 2.90. The molecular weight excluding hydrogens is 236 g/mol. The molecule has 2 rings (SSSR count). The first-order valence-electron chi connectivity index (χ1n) is 6.59. The molecule has 0 atom stereocenters. The number of allylic oxidation sites excluding steroid dienone is 3. The first kappa shape index (κ1) is 13.5. The number of hydrogen-bond acceptors (Lipinski definition) is 2. The van der Waals surface area contributed by atoms with Crippen LogP contribution < -0.4 is 0 Å². The van der Waals surface area contributed by atoms with Crippen LogP contribution in [0.2, 0.25) is 0 Å². The predicted octanol–water partition coefficient (Wildman–Crippen LogP) is 5.17. The van der Waals surface area contributed by atoms with Crippen LogP contribution in [0.25, 0.3) is 16.3 Å². The zero-order valence-electron chi connectivity index (χ0n) is 11.6. The quantitative estimate of drug-likeness (QED) is 0.404. The minimum atomic E-state index is 0.921. The van der Waals surface area contributed by atoms with Crippen molar-refractivity contribution in [1.29, 1.82) is 0 Å². The summed E-state index contributed by atoms with van der Waals surface area (Å²) < 4.78 is 11.2. The van der Waals surface area contributed by atoms with Gasteiger partial charge in [-0.05, 0) is 26.2 Å². The number of methoxy groups -OCH3 is 1. The standard InChI is InChI=1S/C17H20O2/c1-4-5-6-10-15(13(2)18-3)17-16-11-8-7-9-14(16)12-19-17/h4,7-9,11-12H,1,5-6,10H2,2-3H3/b15-13-. The summed E-state index contributed by atoms with van der Waals surface area (Å²) in [5.74, 6) is 1.85. The molecule has 0 bridgehead atoms. The molecule has 0 aliphatic rings. The first-order valence-corrected chi connectivity index (χ1v) is 6.59. The van der Waals surface area contributed by atoms with E-state index >= 15 is 0 Å². The highest BCUT2D eigenvalue weighted by atomic mass is 16.5. The Labute approximate surface area is 114 Å². The van der Waals surface area contributed by atoms with Crippen molar-refractivity contribution in [3.05, 3.63) is 54.7 Å². The van der Waals surface area contributed by atoms with E-state index in [1.165, 1.54) is 0 Å². The van der Waals surface area contributed by atoms with Gasteiger partial charge in [-0.25, -0.2) is 0 Å². The van der Waals surface area contributed by atoms with Gasteiger partial charge in [-0.15, -0.1) is 6.58 Å². The average molecular weight is 256 g/mol. The lowest BCUT2D eigenvalue weighted by atomic mass is 10.0. The van der Waals surface area contributed by atoms with Gasteiger partial charge in [0.25, 0.3) is 0 Å². The van der Waals surface area contributed by atoms with Gasteiger partial charge in [0.2, 0.25) is 0 Å². The van der Waals surface area contributed by atoms with Crippen molar-refractivity contribution in [1.82, 2.24) is 0 Å². The van der Waals surface area contributed by atoms with Crippen molar-refractivity contribution in [2.75, 3.05) is 7.11 Å². The number of rotatable bonds is 6. The largest absolute Gasteiger partial charge is 0.501 e. The fourth-order valence-corrected chi connectivity index (χ4v) is 2.22. The maximum Gasteiger partial charge on any atom is 0.141 e. The van der Waals surface area contributed by atoms with Crippen molar-refractivity contribution in [2.45, 2.75) is 26.2 Å². The summed E-state index contributed by atoms with van der Waals surface area (Å²) in [4.78, 5) is 0. The van der Waals surface area contributed by atoms with Crippen molar-refractivity contribution in [3.63, 3.8) is 0 Å². The van der Waals surface area contributed by atoms with E-state index in [4.69, 9.17) is 9.15 Å². The fraction of sp³-hybridized carbons (Fsp3) is 0.294. The van der Waals surface area contributed by atoms with Gasteiger partial charge in [-0.1, -0.05) is 30.3 Å². The predicted molar refractivity (Wildman–Crippen MR) is 79.9 cm³/mol. The average Bonchev–Trinajstić information content (AvgIpc) is 2.87. The molecule has 1 aromatic heterocycles. The summed E-state index contributed by atoms with van der Waals surface area (Å²) in [5.41, 5.74) is 1.14. The highest BCUT2D eigenvalue weighted by Crippen LogP contribution is 2.32. The number of fused-ring (bicyclic) bond motifs is 1. The minimum absolute atomic E-state index is 0.921. The molecule has 0 amide bonds. The van der Waals surface area contributed by atoms with Gasteiger partial charge in [0, 0.05) is 16.3 Å². The highest BCUT2D eigenvalue weighted by molar-refractivity contribution is 5.92. The lowest BCUT2D eigenvalue weighted by molar-refractivity contribution is 0.293. The van der Waals surface area contributed by atoms with Gasteiger partial charge >= 0.3 is 0 Å². The molecule has 2 heteroatoms. The first-order chi connectivity index (χ1) is 9.27. The molecule has 0 spiro atoms. The van der Waals surface area contributed by atoms with Crippen LogP contribution in [0.1, 0.15) is 31.9 Å². The van der Waals surface area contributed by atoms with Crippen molar-refractivity contribution in [3.8, 4) is 0 Å². The van der Waals surface area contributed by atoms with E-state index in [-0.39, 0.29) is 0 Å². The molecule has 0 saturated heterocycles. The smallest absolute Gasteiger partial charge is 0.141 e. The third-order valence-corrected chi connectivity index (χ3v) is 3.35. The molecule has 19 heavy (non-hydrogen) atoms. The van der Waals surface area contributed by atoms with Crippen LogP contribution in [0.5, 0.6) is 0 Å². The second kappa shape index (κ2) is 6.28. The SMILES string of the molecule is C=CCCC/C(=C(\C)OC)c1occ2ccccc12. The van der Waals surface area contributed by atoms with Gasteiger partial charge in [0.05, 0.1) is 19.1 Å². The van der Waals surface area contributed by atoms with Crippen LogP contribution >= 0.6 is 0 Å². The molecule has 0 fully saturated rings. The zero-order valence-corrected chi connectivity index (χ0v) is 11.6. The van der Waals surface area contributed by atoms with E-state index in [0.717, 1.165) is 47.1 Å². The van der Waals surface area contributed by atoms with E-state index in [1.54, 1.807) is 13.4 Å². The molecule has 0 aliphatic carbocycles. The van der Waals surface area contributed by atoms with Gasteiger partial charge in [-0.2, -0.15) is 0 Å². The normalized spacial score (nSPS) is 12.3. The Kier molecular flexibility index (Phi) is 4.45. The van der Waals surface area contributed by atoms with E-state index in [9.17, 15) is 0 Å². The number of ether oxygens (including phenoxy) is 1. The van der Waals surface area contributed by atoms with Crippen LogP contribution in [0, 0.1) is 0 Å². The molecule has 1 aromatic carbocycles. The monoisotopic (exact) mass is 256 g/mol. The van der Waals surface area contributed by atoms with Crippen LogP contribution in [-0.2, 0) is 4.74 Å². The van der Waals surface area contributed by atoms with Crippen molar-refractivity contribution in [2.24, 2.45) is 0 Å². The molecule has 1 heterocycles. The summed E-state index contributed by atoms with van der Waals surface area (Å²) in [7, 11) is 1.70. The number of unbranched alkanes of at least 4 members (excludes halogenated alkanes) is 1. The Hall–Kier alpha value is -1.96. The van der Waals surface area contributed by atoms with E-state index in [2.05, 4.69) is 18.7 Å². The van der Waals surface area contributed by atoms with Crippen LogP contribution in [0.3, 0.4) is 0 Å². The summed E-state index contributed by atoms with van der Waals surface area (Å²) in [6.45, 7) is 5.75. The van der Waals surface area contributed by atoms with Crippen LogP contribution in [0.4, 0.5) is 0 Å². The van der Waals surface area contributed by atoms with Gasteiger partial charge in [0.15, 0.2) is 0 Å². The third-order valence-electron chi connectivity index (χ3n) is 3.35. The molecule has 0 saturated carbocycles. The molecule has 100 valence electrons. The fourth-order valence-electron chi connectivity index (χ4n) is 2.22. The van der Waals surface area contributed by atoms with Crippen LogP contribution in [0.15, 0.2) is 53.4 Å². The molecule has 2 nitrogen and oxygen atoms in total. The number of hydrogen-bond donors (Lipinski definition) is 0. The van der Waals surface area contributed by atoms with Crippen molar-refractivity contribution < 1.29 is 9.15 Å². The molecule has 0 N–H and O–H groups in total. The van der Waals surface area contributed by atoms with E-state index < -0.39 is 0 Å². The Morgan fingerprint density at radius 1 is 1.37 bits per heavy atom. The maximum atomic E-state index is 5.77. The topological polar surface area (TPSA) is 22.4 Å². The number of furan rings is 1. The van der Waals surface area contributed by atoms with E-state index in [0.29, 0.717) is 0 Å². The Bertz CT molecular complexity index is 590. The summed E-state index contributed by atoms with van der Waals surface area (Å²) in [6, 6.07) is 8.20. The lowest BCUT2D eigenvalue weighted by Crippen LogP contribution is -1.91. The summed E-state index contributed by atoms with van der Waals surface area (Å²) in [5, 5.41) is 2.27. The van der Waals surface area contributed by atoms with Crippen molar-refractivity contribution >= 4 is 16.3 Å². The second-order valence-corrected chi connectivity index (χ2v) is 4.57. The summed E-state index contributed by atoms with van der Waals surface area (Å²) in [6.07, 6.45) is 6.73. The van der Waals surface area contributed by atoms with Gasteiger partial charge in [-0.3, -0.25) is 0 Å². The minimum Gasteiger partial charge on any atom is -0.501 e. The molecule has 0 aliphatic heterocycles. The summed E-state index contributed by atoms with van der Waals surface area (Å²) >= 11 is 0. The Morgan fingerprint density at radius 3 is 2.89 bits per heavy atom. The number of benzene rings is 1. The highest BCUT2D eigenvalue weighted by Gasteiger charge is 2.14. The molecule has 0 unspecified atom stereocenters. The maximum absolute atomic E-state index is 5.77. The Morgan fingerprint density at radius 2 is 2.16 bits per heavy atom. The second-order valence-electron chi connectivity index (χ2n) is 4.57. The van der Waals surface area contributed by atoms with Gasteiger partial charge in [0.1, 0.15) is 5.76 Å².